The Morgan fingerprint density at radius 1 is 0.971 bits per heavy atom. The van der Waals surface area contributed by atoms with E-state index >= 15 is 0 Å². The van der Waals surface area contributed by atoms with E-state index in [1.807, 2.05) is 48.5 Å². The number of Topliss-reactive ketones (excluding diaryl/α,β-unsaturated/α-hetero) is 1. The predicted octanol–water partition coefficient (Wildman–Crippen LogP) is 4.29. The normalized spacial score (nSPS) is 24.3. The van der Waals surface area contributed by atoms with Gasteiger partial charge >= 0.3 is 12.1 Å². The van der Waals surface area contributed by atoms with Crippen LogP contribution in [0.3, 0.4) is 0 Å². The number of hydrogen-bond acceptors (Lipinski definition) is 5. The van der Waals surface area contributed by atoms with Gasteiger partial charge in [-0.25, -0.2) is 9.59 Å². The molecule has 0 aliphatic carbocycles. The molecule has 0 radical (unpaired) electrons. The van der Waals surface area contributed by atoms with Crippen LogP contribution < -0.4 is 5.32 Å². The van der Waals surface area contributed by atoms with E-state index in [0.717, 1.165) is 25.9 Å². The molecule has 2 atom stereocenters. The second-order valence-electron chi connectivity index (χ2n) is 10.7. The fraction of sp³-hybridized carbons (Fsp3) is 0.464. The molecule has 2 unspecified atom stereocenters. The monoisotopic (exact) mass is 479 g/mol. The molecule has 3 saturated heterocycles. The van der Waals surface area contributed by atoms with Gasteiger partial charge in [-0.05, 0) is 26.3 Å². The summed E-state index contributed by atoms with van der Waals surface area (Å²) in [6.45, 7) is 8.16. The molecule has 186 valence electrons. The summed E-state index contributed by atoms with van der Waals surface area (Å²) in [6, 6.07) is 17.4. The van der Waals surface area contributed by atoms with E-state index in [1.165, 1.54) is 0 Å². The van der Waals surface area contributed by atoms with Gasteiger partial charge in [0.15, 0.2) is 12.1 Å². The standard InChI is InChI=1S/C28H34N2O5/c1-28(2,3)35-27(33)29-25(22-12-8-5-9-13-22)26(32)34-24-19-30(16-14-21(24)15-17-30)18-23(31)20-10-6-4-7-11-20/h4-13,21,24-25H,14-19H2,1-3H3/p+1. The highest BCUT2D eigenvalue weighted by molar-refractivity contribution is 5.97. The lowest BCUT2D eigenvalue weighted by molar-refractivity contribution is -0.938. The van der Waals surface area contributed by atoms with Gasteiger partial charge in [-0.3, -0.25) is 4.79 Å². The summed E-state index contributed by atoms with van der Waals surface area (Å²) in [6.07, 6.45) is 0.861. The Labute approximate surface area is 207 Å². The number of carbonyl (C=O) groups is 3. The van der Waals surface area contributed by atoms with Gasteiger partial charge in [0.1, 0.15) is 18.7 Å². The Kier molecular flexibility index (Phi) is 7.26. The van der Waals surface area contributed by atoms with Crippen molar-refractivity contribution in [2.24, 2.45) is 5.92 Å². The first-order chi connectivity index (χ1) is 16.6. The molecule has 1 amide bonds. The fourth-order valence-electron chi connectivity index (χ4n) is 5.16. The molecule has 0 aromatic heterocycles. The largest absolute Gasteiger partial charge is 0.454 e. The number of carbonyl (C=O) groups excluding carboxylic acids is 3. The second kappa shape index (κ2) is 10.2. The third-order valence-corrected chi connectivity index (χ3v) is 6.91. The van der Waals surface area contributed by atoms with Crippen molar-refractivity contribution in [3.63, 3.8) is 0 Å². The number of benzene rings is 2. The maximum Gasteiger partial charge on any atom is 0.408 e. The highest BCUT2D eigenvalue weighted by atomic mass is 16.6. The van der Waals surface area contributed by atoms with E-state index in [0.29, 0.717) is 28.7 Å². The zero-order chi connectivity index (χ0) is 25.1. The highest BCUT2D eigenvalue weighted by Gasteiger charge is 2.49. The van der Waals surface area contributed by atoms with Crippen LogP contribution in [-0.2, 0) is 14.3 Å². The van der Waals surface area contributed by atoms with Gasteiger partial charge in [-0.15, -0.1) is 0 Å². The van der Waals surface area contributed by atoms with E-state index in [4.69, 9.17) is 9.47 Å². The number of amides is 1. The lowest BCUT2D eigenvalue weighted by atomic mass is 9.82. The average molecular weight is 480 g/mol. The zero-order valence-corrected chi connectivity index (χ0v) is 20.7. The van der Waals surface area contributed by atoms with Crippen LogP contribution in [0.25, 0.3) is 0 Å². The molecular weight excluding hydrogens is 444 g/mol. The van der Waals surface area contributed by atoms with E-state index in [2.05, 4.69) is 5.32 Å². The minimum atomic E-state index is -0.971. The SMILES string of the molecule is CC(C)(C)OC(=O)NC(C(=O)OC1C[N+]2(CC(=O)c3ccccc3)CCC1CC2)c1ccccc1. The number of piperidine rings is 3. The second-order valence-corrected chi connectivity index (χ2v) is 10.7. The summed E-state index contributed by atoms with van der Waals surface area (Å²) >= 11 is 0. The molecular formula is C28H35N2O5+. The van der Waals surface area contributed by atoms with Crippen molar-refractivity contribution in [1.29, 1.82) is 0 Å². The van der Waals surface area contributed by atoms with Crippen molar-refractivity contribution in [2.45, 2.75) is 51.4 Å². The Morgan fingerprint density at radius 2 is 1.57 bits per heavy atom. The number of hydrogen-bond donors (Lipinski definition) is 1. The first-order valence-corrected chi connectivity index (χ1v) is 12.3. The van der Waals surface area contributed by atoms with Gasteiger partial charge in [-0.2, -0.15) is 0 Å². The lowest BCUT2D eigenvalue weighted by Gasteiger charge is -2.51. The van der Waals surface area contributed by atoms with Crippen LogP contribution in [0.5, 0.6) is 0 Å². The van der Waals surface area contributed by atoms with Crippen molar-refractivity contribution in [3.05, 3.63) is 71.8 Å². The summed E-state index contributed by atoms with van der Waals surface area (Å²) in [4.78, 5) is 38.8. The average Bonchev–Trinajstić information content (AvgIpc) is 2.83. The molecule has 3 heterocycles. The molecule has 1 N–H and O–H groups in total. The van der Waals surface area contributed by atoms with Crippen molar-refractivity contribution < 1.29 is 28.3 Å². The minimum Gasteiger partial charge on any atom is -0.454 e. The molecule has 3 aliphatic heterocycles. The van der Waals surface area contributed by atoms with E-state index in [9.17, 15) is 14.4 Å². The number of fused-ring (bicyclic) bond motifs is 3. The van der Waals surface area contributed by atoms with Gasteiger partial charge < -0.3 is 19.3 Å². The predicted molar refractivity (Wildman–Crippen MR) is 132 cm³/mol. The Morgan fingerprint density at radius 3 is 2.17 bits per heavy atom. The first kappa shape index (κ1) is 24.9. The van der Waals surface area contributed by atoms with Crippen molar-refractivity contribution in [3.8, 4) is 0 Å². The maximum atomic E-state index is 13.4. The Hall–Kier alpha value is -3.19. The molecule has 35 heavy (non-hydrogen) atoms. The van der Waals surface area contributed by atoms with Gasteiger partial charge in [0, 0.05) is 24.3 Å². The number of nitrogens with zero attached hydrogens (tertiary/aromatic N) is 1. The van der Waals surface area contributed by atoms with Crippen LogP contribution in [0.1, 0.15) is 55.6 Å². The molecule has 0 spiro atoms. The van der Waals surface area contributed by atoms with Crippen LogP contribution in [-0.4, -0.2) is 60.2 Å². The molecule has 3 fully saturated rings. The smallest absolute Gasteiger partial charge is 0.408 e. The molecule has 2 aromatic rings. The van der Waals surface area contributed by atoms with Crippen LogP contribution in [0.15, 0.2) is 60.7 Å². The number of alkyl carbamates (subject to hydrolysis) is 1. The van der Waals surface area contributed by atoms with Crippen LogP contribution in [0.4, 0.5) is 4.79 Å². The summed E-state index contributed by atoms with van der Waals surface area (Å²) < 4.78 is 12.1. The maximum absolute atomic E-state index is 13.4. The molecule has 5 rings (SSSR count). The molecule has 3 aliphatic rings. The van der Waals surface area contributed by atoms with Crippen molar-refractivity contribution in [2.75, 3.05) is 26.2 Å². The number of rotatable bonds is 7. The van der Waals surface area contributed by atoms with Crippen molar-refractivity contribution >= 4 is 17.8 Å². The topological polar surface area (TPSA) is 81.7 Å². The Bertz CT molecular complexity index is 1040. The minimum absolute atomic E-state index is 0.116. The lowest BCUT2D eigenvalue weighted by Crippen LogP contribution is -2.66. The number of ether oxygens (including phenoxy) is 2. The quantitative estimate of drug-likeness (QED) is 0.364. The van der Waals surface area contributed by atoms with Crippen LogP contribution in [0.2, 0.25) is 0 Å². The molecule has 0 saturated carbocycles. The number of nitrogens with one attached hydrogen (secondary N) is 1. The van der Waals surface area contributed by atoms with Crippen molar-refractivity contribution in [1.82, 2.24) is 5.32 Å². The Balaban J connectivity index is 1.46. The molecule has 2 aromatic carbocycles. The van der Waals surface area contributed by atoms with Gasteiger partial charge in [0.05, 0.1) is 13.1 Å². The molecule has 7 nitrogen and oxygen atoms in total. The van der Waals surface area contributed by atoms with E-state index in [-0.39, 0.29) is 17.8 Å². The van der Waals surface area contributed by atoms with Gasteiger partial charge in [-0.1, -0.05) is 60.7 Å². The summed E-state index contributed by atoms with van der Waals surface area (Å²) in [5.41, 5.74) is 0.659. The summed E-state index contributed by atoms with van der Waals surface area (Å²) in [5, 5.41) is 2.69. The zero-order valence-electron chi connectivity index (χ0n) is 20.7. The number of quaternary nitrogens is 1. The summed E-state index contributed by atoms with van der Waals surface area (Å²) in [5.74, 6) is -0.123. The van der Waals surface area contributed by atoms with Gasteiger partial charge in [0.25, 0.3) is 0 Å². The summed E-state index contributed by atoms with van der Waals surface area (Å²) in [7, 11) is 0. The van der Waals surface area contributed by atoms with E-state index < -0.39 is 23.7 Å². The van der Waals surface area contributed by atoms with Crippen LogP contribution in [0, 0.1) is 5.92 Å². The molecule has 2 bridgehead atoms. The van der Waals surface area contributed by atoms with Gasteiger partial charge in [0.2, 0.25) is 5.78 Å². The third kappa shape index (κ3) is 6.28. The van der Waals surface area contributed by atoms with E-state index in [1.54, 1.807) is 32.9 Å². The van der Waals surface area contributed by atoms with Crippen LogP contribution >= 0.6 is 0 Å². The highest BCUT2D eigenvalue weighted by Crippen LogP contribution is 2.36. The third-order valence-electron chi connectivity index (χ3n) is 6.91. The number of esters is 1. The fourth-order valence-corrected chi connectivity index (χ4v) is 5.16. The molecule has 7 heteroatoms. The number of ketones is 1. The first-order valence-electron chi connectivity index (χ1n) is 12.3.